The maximum absolute atomic E-state index is 12.7. The number of carbonyl (C=O) groups excluding carboxylic acids is 1. The lowest BCUT2D eigenvalue weighted by atomic mass is 9.93. The van der Waals surface area contributed by atoms with Crippen LogP contribution in [0.25, 0.3) is 0 Å². The Bertz CT molecular complexity index is 444. The lowest BCUT2D eigenvalue weighted by Gasteiger charge is -2.30. The molecule has 1 saturated carbocycles. The van der Waals surface area contributed by atoms with Gasteiger partial charge in [-0.25, -0.2) is 0 Å². The van der Waals surface area contributed by atoms with E-state index in [1.807, 2.05) is 0 Å². The van der Waals surface area contributed by atoms with Crippen molar-refractivity contribution in [1.82, 2.24) is 4.90 Å². The summed E-state index contributed by atoms with van der Waals surface area (Å²) in [6.07, 6.45) is 5.69. The van der Waals surface area contributed by atoms with E-state index in [9.17, 15) is 4.79 Å². The molecule has 1 heterocycles. The zero-order valence-electron chi connectivity index (χ0n) is 10.5. The molecule has 0 atom stereocenters. The highest BCUT2D eigenvalue weighted by molar-refractivity contribution is 14.1. The summed E-state index contributed by atoms with van der Waals surface area (Å²) < 4.78 is 1.23. The molecular formula is C15H18INO. The van der Waals surface area contributed by atoms with Crippen molar-refractivity contribution in [2.75, 3.05) is 13.1 Å². The molecule has 1 aliphatic heterocycles. The van der Waals surface area contributed by atoms with Gasteiger partial charge in [0.2, 0.25) is 5.91 Å². The molecule has 96 valence electrons. The highest BCUT2D eigenvalue weighted by Gasteiger charge is 2.52. The van der Waals surface area contributed by atoms with Gasteiger partial charge in [-0.2, -0.15) is 0 Å². The normalized spacial score (nSPS) is 21.7. The fraction of sp³-hybridized carbons (Fsp3) is 0.533. The van der Waals surface area contributed by atoms with Gasteiger partial charge >= 0.3 is 0 Å². The predicted molar refractivity (Wildman–Crippen MR) is 80.5 cm³/mol. The Morgan fingerprint density at radius 3 is 2.22 bits per heavy atom. The lowest BCUT2D eigenvalue weighted by Crippen LogP contribution is -2.42. The highest BCUT2D eigenvalue weighted by Crippen LogP contribution is 2.49. The molecule has 1 saturated heterocycles. The number of benzene rings is 1. The molecule has 0 aromatic heterocycles. The predicted octanol–water partition coefficient (Wildman–Crippen LogP) is 3.34. The summed E-state index contributed by atoms with van der Waals surface area (Å²) in [5, 5.41) is 0. The fourth-order valence-electron chi connectivity index (χ4n) is 2.92. The van der Waals surface area contributed by atoms with E-state index in [0.717, 1.165) is 25.9 Å². The third-order valence-corrected chi connectivity index (χ3v) is 4.92. The van der Waals surface area contributed by atoms with E-state index in [1.54, 1.807) is 0 Å². The second kappa shape index (κ2) is 4.83. The molecule has 1 aromatic rings. The van der Waals surface area contributed by atoms with Crippen LogP contribution in [0, 0.1) is 3.57 Å². The summed E-state index contributed by atoms with van der Waals surface area (Å²) in [6.45, 7) is 1.93. The number of hydrogen-bond donors (Lipinski definition) is 0. The van der Waals surface area contributed by atoms with Crippen molar-refractivity contribution in [2.24, 2.45) is 0 Å². The van der Waals surface area contributed by atoms with Crippen LogP contribution in [-0.2, 0) is 10.2 Å². The molecule has 0 radical (unpaired) electrons. The topological polar surface area (TPSA) is 20.3 Å². The van der Waals surface area contributed by atoms with Crippen molar-refractivity contribution >= 4 is 28.5 Å². The minimum Gasteiger partial charge on any atom is -0.342 e. The number of halogens is 1. The Labute approximate surface area is 122 Å². The van der Waals surface area contributed by atoms with Crippen LogP contribution >= 0.6 is 22.6 Å². The smallest absolute Gasteiger partial charge is 0.233 e. The first kappa shape index (κ1) is 12.5. The van der Waals surface area contributed by atoms with E-state index >= 15 is 0 Å². The van der Waals surface area contributed by atoms with Gasteiger partial charge < -0.3 is 4.90 Å². The van der Waals surface area contributed by atoms with E-state index in [1.165, 1.54) is 28.4 Å². The van der Waals surface area contributed by atoms with Crippen LogP contribution in [0.4, 0.5) is 0 Å². The Morgan fingerprint density at radius 2 is 1.67 bits per heavy atom. The van der Waals surface area contributed by atoms with E-state index < -0.39 is 0 Å². The second-order valence-electron chi connectivity index (χ2n) is 5.44. The van der Waals surface area contributed by atoms with Crippen molar-refractivity contribution in [3.05, 3.63) is 33.4 Å². The monoisotopic (exact) mass is 355 g/mol. The number of nitrogens with zero attached hydrogens (tertiary/aromatic N) is 1. The fourth-order valence-corrected chi connectivity index (χ4v) is 3.28. The highest BCUT2D eigenvalue weighted by atomic mass is 127. The van der Waals surface area contributed by atoms with Gasteiger partial charge in [-0.15, -0.1) is 0 Å². The minimum absolute atomic E-state index is 0.165. The van der Waals surface area contributed by atoms with Crippen LogP contribution in [0.15, 0.2) is 24.3 Å². The van der Waals surface area contributed by atoms with E-state index in [-0.39, 0.29) is 5.41 Å². The molecule has 2 aliphatic rings. The standard InChI is InChI=1S/C15H18INO/c16-13-6-4-12(5-7-13)15(8-9-15)14(18)17-10-2-1-3-11-17/h4-7H,1-3,8-11H2. The number of rotatable bonds is 2. The first-order chi connectivity index (χ1) is 8.72. The van der Waals surface area contributed by atoms with Gasteiger partial charge in [0, 0.05) is 16.7 Å². The Morgan fingerprint density at radius 1 is 1.06 bits per heavy atom. The quantitative estimate of drug-likeness (QED) is 0.746. The van der Waals surface area contributed by atoms with Gasteiger partial charge in [0.25, 0.3) is 0 Å². The molecule has 0 unspecified atom stereocenters. The summed E-state index contributed by atoms with van der Waals surface area (Å²) in [7, 11) is 0. The molecule has 0 bridgehead atoms. The number of piperidine rings is 1. The van der Waals surface area contributed by atoms with Gasteiger partial charge in [0.05, 0.1) is 5.41 Å². The number of carbonyl (C=O) groups is 1. The second-order valence-corrected chi connectivity index (χ2v) is 6.69. The molecule has 1 aromatic carbocycles. The summed E-state index contributed by atoms with van der Waals surface area (Å²) in [4.78, 5) is 14.8. The summed E-state index contributed by atoms with van der Waals surface area (Å²) in [5.74, 6) is 0.378. The van der Waals surface area contributed by atoms with Gasteiger partial charge in [0.15, 0.2) is 0 Å². The molecule has 18 heavy (non-hydrogen) atoms. The molecule has 2 nitrogen and oxygen atoms in total. The van der Waals surface area contributed by atoms with Gasteiger partial charge in [-0.05, 0) is 72.4 Å². The Balaban J connectivity index is 1.81. The van der Waals surface area contributed by atoms with Crippen LogP contribution in [0.5, 0.6) is 0 Å². The van der Waals surface area contributed by atoms with Gasteiger partial charge in [0.1, 0.15) is 0 Å². The SMILES string of the molecule is O=C(N1CCCCC1)C1(c2ccc(I)cc2)CC1. The molecule has 3 heteroatoms. The summed E-state index contributed by atoms with van der Waals surface area (Å²) >= 11 is 2.31. The maximum Gasteiger partial charge on any atom is 0.233 e. The summed E-state index contributed by atoms with van der Waals surface area (Å²) in [5.41, 5.74) is 1.06. The zero-order chi connectivity index (χ0) is 12.6. The minimum atomic E-state index is -0.165. The van der Waals surface area contributed by atoms with Crippen LogP contribution in [0.1, 0.15) is 37.7 Å². The molecule has 0 N–H and O–H groups in total. The van der Waals surface area contributed by atoms with Crippen LogP contribution < -0.4 is 0 Å². The van der Waals surface area contributed by atoms with E-state index in [2.05, 4.69) is 51.8 Å². The Kier molecular flexibility index (Phi) is 3.34. The average Bonchev–Trinajstić information content (AvgIpc) is 3.21. The van der Waals surface area contributed by atoms with Crippen molar-refractivity contribution < 1.29 is 4.79 Å². The van der Waals surface area contributed by atoms with Crippen molar-refractivity contribution in [3.8, 4) is 0 Å². The van der Waals surface area contributed by atoms with Crippen molar-refractivity contribution in [1.29, 1.82) is 0 Å². The summed E-state index contributed by atoms with van der Waals surface area (Å²) in [6, 6.07) is 8.49. The lowest BCUT2D eigenvalue weighted by molar-refractivity contribution is -0.134. The van der Waals surface area contributed by atoms with Crippen LogP contribution in [0.3, 0.4) is 0 Å². The van der Waals surface area contributed by atoms with Crippen molar-refractivity contribution in [3.63, 3.8) is 0 Å². The molecule has 0 spiro atoms. The molecule has 1 aliphatic carbocycles. The number of hydrogen-bond acceptors (Lipinski definition) is 1. The third kappa shape index (κ3) is 2.17. The number of likely N-dealkylation sites (tertiary alicyclic amines) is 1. The maximum atomic E-state index is 12.7. The van der Waals surface area contributed by atoms with Crippen LogP contribution in [0.2, 0.25) is 0 Å². The third-order valence-electron chi connectivity index (χ3n) is 4.20. The van der Waals surface area contributed by atoms with Crippen molar-refractivity contribution in [2.45, 2.75) is 37.5 Å². The van der Waals surface area contributed by atoms with Gasteiger partial charge in [-0.1, -0.05) is 12.1 Å². The Hall–Kier alpha value is -0.580. The van der Waals surface area contributed by atoms with E-state index in [4.69, 9.17) is 0 Å². The first-order valence-corrected chi connectivity index (χ1v) is 7.86. The average molecular weight is 355 g/mol. The first-order valence-electron chi connectivity index (χ1n) is 6.78. The molecule has 3 rings (SSSR count). The van der Waals surface area contributed by atoms with E-state index in [0.29, 0.717) is 5.91 Å². The number of amides is 1. The largest absolute Gasteiger partial charge is 0.342 e. The van der Waals surface area contributed by atoms with Gasteiger partial charge in [-0.3, -0.25) is 4.79 Å². The molecular weight excluding hydrogens is 337 g/mol. The zero-order valence-corrected chi connectivity index (χ0v) is 12.7. The molecule has 1 amide bonds. The van der Waals surface area contributed by atoms with Crippen LogP contribution in [-0.4, -0.2) is 23.9 Å². The molecule has 2 fully saturated rings.